The molecule has 118 valence electrons. The van der Waals surface area contributed by atoms with Gasteiger partial charge in [-0.2, -0.15) is 0 Å². The third-order valence-electron chi connectivity index (χ3n) is 4.89. The SMILES string of the molecule is CCCC1(C)C(C(=O)O)=CC=C(CC)C1(CCC)C(=O)O. The Hall–Kier alpha value is -1.58. The average Bonchev–Trinajstić information content (AvgIpc) is 2.40. The van der Waals surface area contributed by atoms with Crippen LogP contribution in [-0.2, 0) is 9.59 Å². The van der Waals surface area contributed by atoms with Crippen LogP contribution >= 0.6 is 0 Å². The minimum absolute atomic E-state index is 0.220. The zero-order valence-electron chi connectivity index (χ0n) is 13.4. The number of carbonyl (C=O) groups is 2. The summed E-state index contributed by atoms with van der Waals surface area (Å²) in [5.41, 5.74) is -0.944. The molecule has 0 aromatic carbocycles. The van der Waals surface area contributed by atoms with Gasteiger partial charge < -0.3 is 10.2 Å². The van der Waals surface area contributed by atoms with Gasteiger partial charge in [0.1, 0.15) is 0 Å². The number of carboxylic acids is 2. The second-order valence-corrected chi connectivity index (χ2v) is 5.97. The minimum Gasteiger partial charge on any atom is -0.481 e. The fourth-order valence-electron chi connectivity index (χ4n) is 3.96. The number of hydrogen-bond acceptors (Lipinski definition) is 2. The van der Waals surface area contributed by atoms with Gasteiger partial charge >= 0.3 is 11.9 Å². The molecule has 0 radical (unpaired) electrons. The molecule has 2 unspecified atom stereocenters. The number of carboxylic acid groups (broad SMARTS) is 2. The second-order valence-electron chi connectivity index (χ2n) is 5.97. The lowest BCUT2D eigenvalue weighted by Crippen LogP contribution is -2.51. The molecular weight excluding hydrogens is 268 g/mol. The van der Waals surface area contributed by atoms with Crippen molar-refractivity contribution in [1.82, 2.24) is 0 Å². The van der Waals surface area contributed by atoms with Crippen LogP contribution in [0, 0.1) is 10.8 Å². The molecule has 4 nitrogen and oxygen atoms in total. The van der Waals surface area contributed by atoms with Gasteiger partial charge in [0.2, 0.25) is 0 Å². The van der Waals surface area contributed by atoms with Crippen LogP contribution in [0.4, 0.5) is 0 Å². The summed E-state index contributed by atoms with van der Waals surface area (Å²) >= 11 is 0. The number of aliphatic carboxylic acids is 2. The van der Waals surface area contributed by atoms with Gasteiger partial charge in [-0.1, -0.05) is 58.3 Å². The van der Waals surface area contributed by atoms with E-state index in [1.165, 1.54) is 0 Å². The van der Waals surface area contributed by atoms with E-state index in [0.29, 0.717) is 25.7 Å². The first-order valence-electron chi connectivity index (χ1n) is 7.70. The zero-order valence-corrected chi connectivity index (χ0v) is 13.4. The largest absolute Gasteiger partial charge is 0.481 e. The fourth-order valence-corrected chi connectivity index (χ4v) is 3.96. The van der Waals surface area contributed by atoms with E-state index in [2.05, 4.69) is 0 Å². The van der Waals surface area contributed by atoms with E-state index in [1.54, 1.807) is 12.2 Å². The van der Waals surface area contributed by atoms with Gasteiger partial charge in [0.05, 0.1) is 5.41 Å². The Kier molecular flexibility index (Phi) is 5.37. The van der Waals surface area contributed by atoms with E-state index in [-0.39, 0.29) is 5.57 Å². The Morgan fingerprint density at radius 3 is 2.00 bits per heavy atom. The molecule has 4 heteroatoms. The molecule has 0 aromatic rings. The molecule has 0 heterocycles. The predicted octanol–water partition coefficient (Wildman–Crippen LogP) is 4.02. The van der Waals surface area contributed by atoms with Crippen LogP contribution in [0.15, 0.2) is 23.3 Å². The Morgan fingerprint density at radius 2 is 1.62 bits per heavy atom. The van der Waals surface area contributed by atoms with Crippen molar-refractivity contribution in [3.63, 3.8) is 0 Å². The zero-order chi connectivity index (χ0) is 16.3. The molecular formula is C17H26O4. The topological polar surface area (TPSA) is 74.6 Å². The first-order chi connectivity index (χ1) is 9.81. The van der Waals surface area contributed by atoms with Crippen molar-refractivity contribution in [1.29, 1.82) is 0 Å². The highest BCUT2D eigenvalue weighted by Gasteiger charge is 2.58. The Bertz CT molecular complexity index is 489. The Balaban J connectivity index is 3.66. The van der Waals surface area contributed by atoms with Crippen LogP contribution < -0.4 is 0 Å². The molecule has 0 saturated heterocycles. The highest BCUT2D eigenvalue weighted by atomic mass is 16.4. The predicted molar refractivity (Wildman–Crippen MR) is 82.1 cm³/mol. The van der Waals surface area contributed by atoms with E-state index < -0.39 is 22.8 Å². The fraction of sp³-hybridized carbons (Fsp3) is 0.647. The second kappa shape index (κ2) is 6.46. The van der Waals surface area contributed by atoms with Crippen LogP contribution in [0.25, 0.3) is 0 Å². The third kappa shape index (κ3) is 2.52. The Morgan fingerprint density at radius 1 is 1.05 bits per heavy atom. The quantitative estimate of drug-likeness (QED) is 0.743. The van der Waals surface area contributed by atoms with Crippen LogP contribution in [0.1, 0.15) is 59.8 Å². The van der Waals surface area contributed by atoms with Crippen molar-refractivity contribution >= 4 is 11.9 Å². The van der Waals surface area contributed by atoms with E-state index in [9.17, 15) is 19.8 Å². The summed E-state index contributed by atoms with van der Waals surface area (Å²) in [4.78, 5) is 23.9. The molecule has 1 rings (SSSR count). The molecule has 0 aliphatic heterocycles. The van der Waals surface area contributed by atoms with E-state index in [1.807, 2.05) is 27.7 Å². The standard InChI is InChI=1S/C17H26O4/c1-5-10-16(4)13(14(18)19)9-8-12(7-3)17(16,11-6-2)15(20)21/h8-9H,5-7,10-11H2,1-4H3,(H,18,19)(H,20,21). The molecule has 0 saturated carbocycles. The van der Waals surface area contributed by atoms with Crippen molar-refractivity contribution in [3.8, 4) is 0 Å². The van der Waals surface area contributed by atoms with Crippen LogP contribution in [-0.4, -0.2) is 22.2 Å². The molecule has 0 aromatic heterocycles. The van der Waals surface area contributed by atoms with Gasteiger partial charge in [0.15, 0.2) is 0 Å². The lowest BCUT2D eigenvalue weighted by Gasteiger charge is -2.49. The molecule has 1 aliphatic carbocycles. The maximum Gasteiger partial charge on any atom is 0.332 e. The van der Waals surface area contributed by atoms with Crippen LogP contribution in [0.3, 0.4) is 0 Å². The maximum absolute atomic E-state index is 12.2. The molecule has 2 atom stereocenters. The molecule has 1 aliphatic rings. The number of allylic oxidation sites excluding steroid dienone is 2. The molecule has 2 N–H and O–H groups in total. The molecule has 0 bridgehead atoms. The van der Waals surface area contributed by atoms with Gasteiger partial charge in [-0.15, -0.1) is 0 Å². The highest BCUT2D eigenvalue weighted by Crippen LogP contribution is 2.58. The summed E-state index contributed by atoms with van der Waals surface area (Å²) < 4.78 is 0. The summed E-state index contributed by atoms with van der Waals surface area (Å²) in [6.45, 7) is 7.66. The van der Waals surface area contributed by atoms with Crippen molar-refractivity contribution in [3.05, 3.63) is 23.3 Å². The van der Waals surface area contributed by atoms with E-state index in [4.69, 9.17) is 0 Å². The lowest BCUT2D eigenvalue weighted by molar-refractivity contribution is -0.155. The van der Waals surface area contributed by atoms with E-state index >= 15 is 0 Å². The van der Waals surface area contributed by atoms with E-state index in [0.717, 1.165) is 12.0 Å². The monoisotopic (exact) mass is 294 g/mol. The van der Waals surface area contributed by atoms with Crippen LogP contribution in [0.2, 0.25) is 0 Å². The summed E-state index contributed by atoms with van der Waals surface area (Å²) in [5, 5.41) is 19.6. The van der Waals surface area contributed by atoms with Crippen LogP contribution in [0.5, 0.6) is 0 Å². The first-order valence-corrected chi connectivity index (χ1v) is 7.70. The normalized spacial score (nSPS) is 28.8. The highest BCUT2D eigenvalue weighted by molar-refractivity contribution is 5.93. The smallest absolute Gasteiger partial charge is 0.332 e. The molecule has 0 spiro atoms. The van der Waals surface area contributed by atoms with Crippen molar-refractivity contribution < 1.29 is 19.8 Å². The summed E-state index contributed by atoms with van der Waals surface area (Å²) in [7, 11) is 0. The number of hydrogen-bond donors (Lipinski definition) is 2. The lowest BCUT2D eigenvalue weighted by atomic mass is 9.51. The van der Waals surface area contributed by atoms with Gasteiger partial charge in [0.25, 0.3) is 0 Å². The minimum atomic E-state index is -1.12. The average molecular weight is 294 g/mol. The third-order valence-corrected chi connectivity index (χ3v) is 4.89. The molecule has 21 heavy (non-hydrogen) atoms. The van der Waals surface area contributed by atoms with Crippen molar-refractivity contribution in [2.45, 2.75) is 59.8 Å². The molecule has 0 fully saturated rings. The number of rotatable bonds is 7. The summed E-state index contributed by atoms with van der Waals surface area (Å²) in [5.74, 6) is -1.92. The van der Waals surface area contributed by atoms with Crippen molar-refractivity contribution in [2.24, 2.45) is 10.8 Å². The van der Waals surface area contributed by atoms with Gasteiger partial charge in [-0.25, -0.2) is 4.79 Å². The Labute approximate surface area is 126 Å². The van der Waals surface area contributed by atoms with Gasteiger partial charge in [-0.05, 0) is 19.3 Å². The molecule has 0 amide bonds. The maximum atomic E-state index is 12.2. The van der Waals surface area contributed by atoms with Crippen molar-refractivity contribution in [2.75, 3.05) is 0 Å². The van der Waals surface area contributed by atoms with Gasteiger partial charge in [0, 0.05) is 11.0 Å². The van der Waals surface area contributed by atoms with Gasteiger partial charge in [-0.3, -0.25) is 4.79 Å². The first kappa shape index (κ1) is 17.5. The summed E-state index contributed by atoms with van der Waals surface area (Å²) in [6.07, 6.45) is 6.40. The summed E-state index contributed by atoms with van der Waals surface area (Å²) in [6, 6.07) is 0.